The molecule has 0 aromatic carbocycles. The van der Waals surface area contributed by atoms with E-state index in [-0.39, 0.29) is 32.5 Å². The van der Waals surface area contributed by atoms with Crippen LogP contribution in [-0.4, -0.2) is 63.7 Å². The van der Waals surface area contributed by atoms with E-state index < -0.39 is 57.2 Å². The number of methoxy groups -OCH3 is 1. The summed E-state index contributed by atoms with van der Waals surface area (Å²) in [6, 6.07) is 0. The number of carbonyl (C=O) groups excluding carboxylic acids is 3. The summed E-state index contributed by atoms with van der Waals surface area (Å²) < 4.78 is 40.1. The first kappa shape index (κ1) is 31.3. The molecule has 35 heavy (non-hydrogen) atoms. The summed E-state index contributed by atoms with van der Waals surface area (Å²) in [4.78, 5) is 37.7. The molecule has 0 aromatic rings. The molecule has 0 heterocycles. The number of carbonyl (C=O) groups is 3. The summed E-state index contributed by atoms with van der Waals surface area (Å²) in [5.74, 6) is -2.39. The molecule has 1 amide bonds. The topological polar surface area (TPSA) is 145 Å². The van der Waals surface area contributed by atoms with Crippen LogP contribution < -0.4 is 5.32 Å². The Morgan fingerprint density at radius 1 is 1.11 bits per heavy atom. The molecule has 11 heteroatoms. The Morgan fingerprint density at radius 3 is 2.29 bits per heavy atom. The van der Waals surface area contributed by atoms with Crippen LogP contribution in [0.1, 0.15) is 79.1 Å². The predicted molar refractivity (Wildman–Crippen MR) is 129 cm³/mol. The molecule has 2 N–H and O–H groups in total. The van der Waals surface area contributed by atoms with Crippen LogP contribution >= 0.6 is 0 Å². The summed E-state index contributed by atoms with van der Waals surface area (Å²) in [5, 5.41) is 10.9. The molecule has 1 rings (SSSR count). The molecule has 204 valence electrons. The van der Waals surface area contributed by atoms with Gasteiger partial charge in [0.2, 0.25) is 5.91 Å². The van der Waals surface area contributed by atoms with Crippen molar-refractivity contribution < 1.29 is 41.6 Å². The number of ether oxygens (including phenoxy) is 2. The van der Waals surface area contributed by atoms with Gasteiger partial charge < -0.3 is 19.9 Å². The molecule has 1 aliphatic rings. The molecule has 2 unspecified atom stereocenters. The SMILES string of the molecule is CCC(CC(CC(C)(C)C(=O)OC)C(=O)OCCCO)C(=O)NCOS(=O)(=O)C1CCC(C)CC1. The molecule has 0 bridgehead atoms. The van der Waals surface area contributed by atoms with E-state index in [1.807, 2.05) is 0 Å². The van der Waals surface area contributed by atoms with E-state index in [9.17, 15) is 22.8 Å². The first-order valence-corrected chi connectivity index (χ1v) is 13.9. The second-order valence-corrected chi connectivity index (χ2v) is 11.9. The molecule has 10 nitrogen and oxygen atoms in total. The van der Waals surface area contributed by atoms with Gasteiger partial charge >= 0.3 is 11.9 Å². The summed E-state index contributed by atoms with van der Waals surface area (Å²) >= 11 is 0. The molecule has 1 fully saturated rings. The maximum Gasteiger partial charge on any atom is 0.311 e. The van der Waals surface area contributed by atoms with Crippen molar-refractivity contribution in [3.05, 3.63) is 0 Å². The zero-order chi connectivity index (χ0) is 26.6. The Morgan fingerprint density at radius 2 is 1.74 bits per heavy atom. The number of nitrogens with one attached hydrogen (secondary N) is 1. The Labute approximate surface area is 209 Å². The van der Waals surface area contributed by atoms with Crippen molar-refractivity contribution in [3.8, 4) is 0 Å². The quantitative estimate of drug-likeness (QED) is 0.144. The van der Waals surface area contributed by atoms with E-state index in [4.69, 9.17) is 18.8 Å². The van der Waals surface area contributed by atoms with Crippen molar-refractivity contribution in [2.75, 3.05) is 27.1 Å². The molecule has 0 saturated heterocycles. The Bertz CT molecular complexity index is 789. The van der Waals surface area contributed by atoms with Gasteiger partial charge in [0.05, 0.1) is 30.3 Å². The van der Waals surface area contributed by atoms with Gasteiger partial charge in [0.15, 0.2) is 0 Å². The number of aliphatic hydroxyl groups is 1. The fourth-order valence-electron chi connectivity index (χ4n) is 4.34. The molecule has 1 aliphatic carbocycles. The van der Waals surface area contributed by atoms with Crippen LogP contribution in [0.15, 0.2) is 0 Å². The number of hydrogen-bond donors (Lipinski definition) is 2. The minimum atomic E-state index is -3.78. The average molecular weight is 522 g/mol. The van der Waals surface area contributed by atoms with Crippen molar-refractivity contribution in [2.24, 2.45) is 23.2 Å². The monoisotopic (exact) mass is 521 g/mol. The van der Waals surface area contributed by atoms with Crippen molar-refractivity contribution in [3.63, 3.8) is 0 Å². The lowest BCUT2D eigenvalue weighted by molar-refractivity contribution is -0.156. The molecular weight excluding hydrogens is 478 g/mol. The van der Waals surface area contributed by atoms with Gasteiger partial charge in [-0.25, -0.2) is 4.18 Å². The lowest BCUT2D eigenvalue weighted by Crippen LogP contribution is -2.38. The number of aliphatic hydroxyl groups excluding tert-OH is 1. The Balaban J connectivity index is 2.77. The highest BCUT2D eigenvalue weighted by Gasteiger charge is 2.37. The van der Waals surface area contributed by atoms with Crippen LogP contribution in [-0.2, 0) is 38.2 Å². The van der Waals surface area contributed by atoms with E-state index in [0.29, 0.717) is 25.2 Å². The number of hydrogen-bond acceptors (Lipinski definition) is 9. The highest BCUT2D eigenvalue weighted by molar-refractivity contribution is 7.87. The third-order valence-corrected chi connectivity index (χ3v) is 8.38. The largest absolute Gasteiger partial charge is 0.469 e. The van der Waals surface area contributed by atoms with Gasteiger partial charge in [-0.2, -0.15) is 8.42 Å². The van der Waals surface area contributed by atoms with Gasteiger partial charge in [0.25, 0.3) is 10.1 Å². The lowest BCUT2D eigenvalue weighted by atomic mass is 9.78. The van der Waals surface area contributed by atoms with Crippen LogP contribution in [0.2, 0.25) is 0 Å². The second-order valence-electron chi connectivity index (χ2n) is 10.0. The molecule has 0 aromatic heterocycles. The molecule has 0 aliphatic heterocycles. The van der Waals surface area contributed by atoms with Crippen LogP contribution in [0.3, 0.4) is 0 Å². The third-order valence-electron chi connectivity index (χ3n) is 6.65. The van der Waals surface area contributed by atoms with Crippen molar-refractivity contribution in [2.45, 2.75) is 84.3 Å². The summed E-state index contributed by atoms with van der Waals surface area (Å²) in [6.07, 6.45) is 3.63. The van der Waals surface area contributed by atoms with Gasteiger partial charge in [-0.3, -0.25) is 14.4 Å². The van der Waals surface area contributed by atoms with Gasteiger partial charge in [0.1, 0.15) is 6.73 Å². The summed E-state index contributed by atoms with van der Waals surface area (Å²) in [5.41, 5.74) is -0.987. The minimum Gasteiger partial charge on any atom is -0.469 e. The summed E-state index contributed by atoms with van der Waals surface area (Å²) in [6.45, 7) is 6.61. The fraction of sp³-hybridized carbons (Fsp3) is 0.875. The maximum atomic E-state index is 12.8. The van der Waals surface area contributed by atoms with Gasteiger partial charge in [-0.15, -0.1) is 0 Å². The van der Waals surface area contributed by atoms with Crippen LogP contribution in [0, 0.1) is 23.2 Å². The van der Waals surface area contributed by atoms with Crippen LogP contribution in [0.5, 0.6) is 0 Å². The highest BCUT2D eigenvalue weighted by atomic mass is 32.2. The van der Waals surface area contributed by atoms with E-state index >= 15 is 0 Å². The number of esters is 2. The van der Waals surface area contributed by atoms with E-state index in [0.717, 1.165) is 12.8 Å². The smallest absolute Gasteiger partial charge is 0.311 e. The van der Waals surface area contributed by atoms with Crippen LogP contribution in [0.25, 0.3) is 0 Å². The fourth-order valence-corrected chi connectivity index (χ4v) is 5.60. The minimum absolute atomic E-state index is 0.0269. The Hall–Kier alpha value is -1.72. The molecule has 0 spiro atoms. The van der Waals surface area contributed by atoms with Crippen molar-refractivity contribution in [1.29, 1.82) is 0 Å². The lowest BCUT2D eigenvalue weighted by Gasteiger charge is -2.28. The zero-order valence-electron chi connectivity index (χ0n) is 21.7. The van der Waals surface area contributed by atoms with Crippen molar-refractivity contribution >= 4 is 28.0 Å². The van der Waals surface area contributed by atoms with Crippen molar-refractivity contribution in [1.82, 2.24) is 5.32 Å². The molecule has 2 atom stereocenters. The van der Waals surface area contributed by atoms with E-state index in [1.54, 1.807) is 20.8 Å². The zero-order valence-corrected chi connectivity index (χ0v) is 22.5. The highest BCUT2D eigenvalue weighted by Crippen LogP contribution is 2.32. The summed E-state index contributed by atoms with van der Waals surface area (Å²) in [7, 11) is -2.51. The standard InChI is InChI=1S/C24H43NO9S/c1-6-18(21(27)25-16-34-35(30,31)20-10-8-17(2)9-11-20)14-19(22(28)33-13-7-12-26)15-24(3,4)23(29)32-5/h17-20,26H,6-16H2,1-5H3,(H,25,27). The predicted octanol–water partition coefficient (Wildman–Crippen LogP) is 2.53. The average Bonchev–Trinajstić information content (AvgIpc) is 2.81. The maximum absolute atomic E-state index is 12.8. The third kappa shape index (κ3) is 10.4. The Kier molecular flexibility index (Phi) is 13.2. The number of amides is 1. The molecule has 1 saturated carbocycles. The van der Waals surface area contributed by atoms with Crippen LogP contribution in [0.4, 0.5) is 0 Å². The normalized spacial score (nSPS) is 20.5. The van der Waals surface area contributed by atoms with E-state index in [1.165, 1.54) is 7.11 Å². The van der Waals surface area contributed by atoms with E-state index in [2.05, 4.69) is 12.2 Å². The first-order chi connectivity index (χ1) is 16.4. The van der Waals surface area contributed by atoms with Gasteiger partial charge in [-0.1, -0.05) is 13.8 Å². The van der Waals surface area contributed by atoms with Gasteiger partial charge in [-0.05, 0) is 64.7 Å². The first-order valence-electron chi connectivity index (χ1n) is 12.4. The second kappa shape index (κ2) is 14.7. The molecular formula is C24H43NO9S. The number of rotatable bonds is 15. The molecule has 0 radical (unpaired) electrons. The van der Waals surface area contributed by atoms with Gasteiger partial charge in [0, 0.05) is 18.9 Å².